The number of anilines is 2. The van der Waals surface area contributed by atoms with Crippen molar-refractivity contribution in [2.24, 2.45) is 0 Å². The fourth-order valence-corrected chi connectivity index (χ4v) is 2.33. The molecular weight excluding hydrogens is 337 g/mol. The Balaban J connectivity index is 1.81. The summed E-state index contributed by atoms with van der Waals surface area (Å²) in [5.74, 6) is -0.446. The normalized spacial score (nSPS) is 10.5. The van der Waals surface area contributed by atoms with Gasteiger partial charge in [0.1, 0.15) is 11.6 Å². The van der Waals surface area contributed by atoms with Gasteiger partial charge in [-0.2, -0.15) is 0 Å². The standard InChI is InChI=1S/C19H22FN3O3/c1-13-4-9-17(16(20)10-13)22-19(25)12-23(2)11-18(24)21-14-5-7-15(26-3)8-6-14/h4-10H,11-12H2,1-3H3,(H,21,24)(H,22,25). The van der Waals surface area contributed by atoms with Crippen molar-refractivity contribution in [3.63, 3.8) is 0 Å². The van der Waals surface area contributed by atoms with Crippen LogP contribution in [0.2, 0.25) is 0 Å². The minimum Gasteiger partial charge on any atom is -0.497 e. The zero-order chi connectivity index (χ0) is 19.1. The maximum atomic E-state index is 13.8. The van der Waals surface area contributed by atoms with Crippen molar-refractivity contribution in [3.05, 3.63) is 53.8 Å². The Morgan fingerprint density at radius 1 is 1.04 bits per heavy atom. The molecule has 2 N–H and O–H groups in total. The predicted octanol–water partition coefficient (Wildman–Crippen LogP) is 2.65. The third-order valence-electron chi connectivity index (χ3n) is 3.60. The molecule has 0 fully saturated rings. The fraction of sp³-hybridized carbons (Fsp3) is 0.263. The number of nitrogens with one attached hydrogen (secondary N) is 2. The SMILES string of the molecule is COc1ccc(NC(=O)CN(C)CC(=O)Nc2ccc(C)cc2F)cc1. The average Bonchev–Trinajstić information content (AvgIpc) is 2.57. The number of carbonyl (C=O) groups excluding carboxylic acids is 2. The molecule has 2 aromatic rings. The molecule has 2 amide bonds. The van der Waals surface area contributed by atoms with E-state index in [1.54, 1.807) is 56.3 Å². The number of likely N-dealkylation sites (N-methyl/N-ethyl adjacent to an activating group) is 1. The minimum absolute atomic E-state index is 0.0236. The molecule has 2 rings (SSSR count). The van der Waals surface area contributed by atoms with E-state index in [2.05, 4.69) is 10.6 Å². The van der Waals surface area contributed by atoms with Crippen molar-refractivity contribution < 1.29 is 18.7 Å². The predicted molar refractivity (Wildman–Crippen MR) is 98.9 cm³/mol. The first-order chi connectivity index (χ1) is 12.4. The van der Waals surface area contributed by atoms with Crippen LogP contribution in [0.4, 0.5) is 15.8 Å². The van der Waals surface area contributed by atoms with Crippen LogP contribution in [0.25, 0.3) is 0 Å². The number of halogens is 1. The minimum atomic E-state index is -0.488. The van der Waals surface area contributed by atoms with Crippen molar-refractivity contribution in [1.82, 2.24) is 4.90 Å². The summed E-state index contributed by atoms with van der Waals surface area (Å²) in [6.07, 6.45) is 0. The summed E-state index contributed by atoms with van der Waals surface area (Å²) in [5.41, 5.74) is 1.53. The van der Waals surface area contributed by atoms with Crippen LogP contribution in [-0.2, 0) is 9.59 Å². The molecule has 0 aliphatic heterocycles. The molecule has 0 unspecified atom stereocenters. The van der Waals surface area contributed by atoms with E-state index in [-0.39, 0.29) is 24.7 Å². The lowest BCUT2D eigenvalue weighted by molar-refractivity contribution is -0.119. The Kier molecular flexibility index (Phi) is 6.68. The summed E-state index contributed by atoms with van der Waals surface area (Å²) in [6, 6.07) is 11.5. The van der Waals surface area contributed by atoms with Gasteiger partial charge in [0.25, 0.3) is 0 Å². The molecule has 26 heavy (non-hydrogen) atoms. The van der Waals surface area contributed by atoms with Gasteiger partial charge >= 0.3 is 0 Å². The van der Waals surface area contributed by atoms with Gasteiger partial charge in [-0.05, 0) is 55.9 Å². The number of benzene rings is 2. The summed E-state index contributed by atoms with van der Waals surface area (Å²) in [6.45, 7) is 1.75. The Bertz CT molecular complexity index is 778. The summed E-state index contributed by atoms with van der Waals surface area (Å²) in [5, 5.41) is 5.24. The van der Waals surface area contributed by atoms with E-state index < -0.39 is 11.7 Å². The summed E-state index contributed by atoms with van der Waals surface area (Å²) in [7, 11) is 3.20. The Morgan fingerprint density at radius 2 is 1.65 bits per heavy atom. The van der Waals surface area contributed by atoms with Crippen LogP contribution in [-0.4, -0.2) is 44.0 Å². The Hall–Kier alpha value is -2.93. The zero-order valence-electron chi connectivity index (χ0n) is 15.0. The smallest absolute Gasteiger partial charge is 0.238 e. The molecule has 0 atom stereocenters. The first-order valence-corrected chi connectivity index (χ1v) is 8.06. The van der Waals surface area contributed by atoms with Gasteiger partial charge in [-0.25, -0.2) is 4.39 Å². The maximum Gasteiger partial charge on any atom is 0.238 e. The van der Waals surface area contributed by atoms with Gasteiger partial charge in [0, 0.05) is 5.69 Å². The molecule has 0 heterocycles. The van der Waals surface area contributed by atoms with Gasteiger partial charge in [-0.1, -0.05) is 6.07 Å². The lowest BCUT2D eigenvalue weighted by atomic mass is 10.2. The molecule has 6 nitrogen and oxygen atoms in total. The second-order valence-corrected chi connectivity index (χ2v) is 5.98. The molecule has 0 aliphatic rings. The number of aryl methyl sites for hydroxylation is 1. The van der Waals surface area contributed by atoms with E-state index in [0.717, 1.165) is 5.56 Å². The van der Waals surface area contributed by atoms with E-state index in [0.29, 0.717) is 11.4 Å². The Labute approximate surface area is 152 Å². The molecular formula is C19H22FN3O3. The van der Waals surface area contributed by atoms with E-state index >= 15 is 0 Å². The average molecular weight is 359 g/mol. The van der Waals surface area contributed by atoms with Gasteiger partial charge in [0.15, 0.2) is 0 Å². The van der Waals surface area contributed by atoms with Crippen LogP contribution in [0.15, 0.2) is 42.5 Å². The zero-order valence-corrected chi connectivity index (χ0v) is 15.0. The maximum absolute atomic E-state index is 13.8. The molecule has 0 aromatic heterocycles. The lowest BCUT2D eigenvalue weighted by Gasteiger charge is -2.16. The van der Waals surface area contributed by atoms with Gasteiger partial charge in [-0.3, -0.25) is 14.5 Å². The van der Waals surface area contributed by atoms with Gasteiger partial charge in [0.05, 0.1) is 25.9 Å². The molecule has 0 bridgehead atoms. The van der Waals surface area contributed by atoms with Gasteiger partial charge in [-0.15, -0.1) is 0 Å². The number of nitrogens with zero attached hydrogens (tertiary/aromatic N) is 1. The molecule has 0 saturated heterocycles. The largest absolute Gasteiger partial charge is 0.497 e. The summed E-state index contributed by atoms with van der Waals surface area (Å²) in [4.78, 5) is 25.6. The Morgan fingerprint density at radius 3 is 2.23 bits per heavy atom. The van der Waals surface area contributed by atoms with E-state index in [1.165, 1.54) is 12.1 Å². The number of carbonyl (C=O) groups is 2. The van der Waals surface area contributed by atoms with E-state index in [4.69, 9.17) is 4.74 Å². The van der Waals surface area contributed by atoms with Crippen LogP contribution < -0.4 is 15.4 Å². The highest BCUT2D eigenvalue weighted by molar-refractivity contribution is 5.94. The lowest BCUT2D eigenvalue weighted by Crippen LogP contribution is -2.36. The molecule has 7 heteroatoms. The first-order valence-electron chi connectivity index (χ1n) is 8.06. The second kappa shape index (κ2) is 8.96. The van der Waals surface area contributed by atoms with Crippen LogP contribution >= 0.6 is 0 Å². The number of amides is 2. The fourth-order valence-electron chi connectivity index (χ4n) is 2.33. The molecule has 0 radical (unpaired) electrons. The molecule has 0 aliphatic carbocycles. The number of methoxy groups -OCH3 is 1. The third kappa shape index (κ3) is 5.86. The first kappa shape index (κ1) is 19.4. The van der Waals surface area contributed by atoms with Crippen molar-refractivity contribution in [2.45, 2.75) is 6.92 Å². The van der Waals surface area contributed by atoms with Crippen molar-refractivity contribution in [3.8, 4) is 5.75 Å². The van der Waals surface area contributed by atoms with Crippen LogP contribution in [0.5, 0.6) is 5.75 Å². The molecule has 138 valence electrons. The van der Waals surface area contributed by atoms with Crippen molar-refractivity contribution in [1.29, 1.82) is 0 Å². The number of hydrogen-bond acceptors (Lipinski definition) is 4. The molecule has 2 aromatic carbocycles. The quantitative estimate of drug-likeness (QED) is 0.797. The van der Waals surface area contributed by atoms with Crippen molar-refractivity contribution >= 4 is 23.2 Å². The van der Waals surface area contributed by atoms with Gasteiger partial charge in [0.2, 0.25) is 11.8 Å². The number of rotatable bonds is 7. The van der Waals surface area contributed by atoms with Crippen LogP contribution in [0, 0.1) is 12.7 Å². The van der Waals surface area contributed by atoms with Gasteiger partial charge < -0.3 is 15.4 Å². The second-order valence-electron chi connectivity index (χ2n) is 5.98. The highest BCUT2D eigenvalue weighted by Gasteiger charge is 2.13. The summed E-state index contributed by atoms with van der Waals surface area (Å²) < 4.78 is 18.8. The van der Waals surface area contributed by atoms with E-state index in [1.807, 2.05) is 0 Å². The number of hydrogen-bond donors (Lipinski definition) is 2. The van der Waals surface area contributed by atoms with Crippen molar-refractivity contribution in [2.75, 3.05) is 37.9 Å². The third-order valence-corrected chi connectivity index (χ3v) is 3.60. The monoisotopic (exact) mass is 359 g/mol. The van der Waals surface area contributed by atoms with Crippen LogP contribution in [0.1, 0.15) is 5.56 Å². The summed E-state index contributed by atoms with van der Waals surface area (Å²) >= 11 is 0. The number of ether oxygens (including phenoxy) is 1. The van der Waals surface area contributed by atoms with Crippen LogP contribution in [0.3, 0.4) is 0 Å². The molecule has 0 saturated carbocycles. The molecule has 0 spiro atoms. The van der Waals surface area contributed by atoms with E-state index in [9.17, 15) is 14.0 Å². The highest BCUT2D eigenvalue weighted by atomic mass is 19.1. The topological polar surface area (TPSA) is 70.7 Å². The highest BCUT2D eigenvalue weighted by Crippen LogP contribution is 2.16.